The first-order chi connectivity index (χ1) is 15.0. The molecule has 162 valence electrons. The van der Waals surface area contributed by atoms with Gasteiger partial charge in [-0.15, -0.1) is 17.9 Å². The number of carbonyl (C=O) groups is 1. The molecule has 1 aliphatic rings. The van der Waals surface area contributed by atoms with E-state index >= 15 is 0 Å². The second-order valence-corrected chi connectivity index (χ2v) is 10.0. The maximum Gasteiger partial charge on any atom is 0.263 e. The summed E-state index contributed by atoms with van der Waals surface area (Å²) < 4.78 is 1.65. The third-order valence-electron chi connectivity index (χ3n) is 5.67. The van der Waals surface area contributed by atoms with Gasteiger partial charge in [-0.05, 0) is 54.9 Å². The van der Waals surface area contributed by atoms with Crippen molar-refractivity contribution in [3.8, 4) is 0 Å². The predicted molar refractivity (Wildman–Crippen MR) is 130 cm³/mol. The number of anilines is 1. The number of nitrogens with one attached hydrogen (secondary N) is 1. The van der Waals surface area contributed by atoms with Crippen molar-refractivity contribution in [1.29, 1.82) is 0 Å². The molecule has 1 aliphatic carbocycles. The van der Waals surface area contributed by atoms with E-state index in [2.05, 4.69) is 25.7 Å². The first-order valence-electron chi connectivity index (χ1n) is 10.7. The molecule has 1 amide bonds. The Kier molecular flexibility index (Phi) is 6.62. The summed E-state index contributed by atoms with van der Waals surface area (Å²) in [5, 5.41) is 4.25. The van der Waals surface area contributed by atoms with Crippen molar-refractivity contribution in [2.75, 3.05) is 11.1 Å². The van der Waals surface area contributed by atoms with Gasteiger partial charge in [-0.3, -0.25) is 14.2 Å². The average molecular weight is 454 g/mol. The zero-order chi connectivity index (χ0) is 22.0. The lowest BCUT2D eigenvalue weighted by molar-refractivity contribution is -0.113. The average Bonchev–Trinajstić information content (AvgIpc) is 3.12. The van der Waals surface area contributed by atoms with E-state index in [1.165, 1.54) is 27.8 Å². The molecule has 0 bridgehead atoms. The molecule has 5 nitrogen and oxygen atoms in total. The summed E-state index contributed by atoms with van der Waals surface area (Å²) in [6, 6.07) is 7.85. The Balaban J connectivity index is 1.57. The van der Waals surface area contributed by atoms with Crippen molar-refractivity contribution in [2.45, 2.75) is 51.2 Å². The van der Waals surface area contributed by atoms with Crippen LogP contribution in [-0.4, -0.2) is 21.2 Å². The van der Waals surface area contributed by atoms with Gasteiger partial charge in [0.2, 0.25) is 5.91 Å². The molecule has 2 aromatic heterocycles. The molecule has 0 fully saturated rings. The molecular weight excluding hydrogens is 426 g/mol. The molecule has 1 aromatic carbocycles. The highest BCUT2D eigenvalue weighted by Crippen LogP contribution is 2.36. The number of carbonyl (C=O) groups excluding carboxylic acids is 1. The van der Waals surface area contributed by atoms with E-state index in [4.69, 9.17) is 4.98 Å². The highest BCUT2D eigenvalue weighted by molar-refractivity contribution is 7.99. The van der Waals surface area contributed by atoms with E-state index in [1.807, 2.05) is 24.3 Å². The third-order valence-corrected chi connectivity index (χ3v) is 7.79. The van der Waals surface area contributed by atoms with Gasteiger partial charge in [0.1, 0.15) is 4.83 Å². The number of nitrogens with zero attached hydrogens (tertiary/aromatic N) is 2. The van der Waals surface area contributed by atoms with E-state index in [-0.39, 0.29) is 17.2 Å². The first-order valence-corrected chi connectivity index (χ1v) is 12.5. The third kappa shape index (κ3) is 4.62. The van der Waals surface area contributed by atoms with Gasteiger partial charge in [-0.1, -0.05) is 43.8 Å². The summed E-state index contributed by atoms with van der Waals surface area (Å²) in [5.41, 5.74) is 3.16. The van der Waals surface area contributed by atoms with Gasteiger partial charge in [-0.2, -0.15) is 0 Å². The molecule has 0 saturated carbocycles. The topological polar surface area (TPSA) is 64.0 Å². The largest absolute Gasteiger partial charge is 0.325 e. The molecule has 0 spiro atoms. The number of thioether (sulfide) groups is 1. The second-order valence-electron chi connectivity index (χ2n) is 8.02. The van der Waals surface area contributed by atoms with Gasteiger partial charge in [0.05, 0.1) is 11.1 Å². The number of thiophene rings is 1. The van der Waals surface area contributed by atoms with Crippen LogP contribution in [0, 0.1) is 5.92 Å². The van der Waals surface area contributed by atoms with Crippen molar-refractivity contribution in [2.24, 2.45) is 5.92 Å². The van der Waals surface area contributed by atoms with Crippen LogP contribution in [0.2, 0.25) is 0 Å². The lowest BCUT2D eigenvalue weighted by atomic mass is 9.89. The minimum atomic E-state index is -0.118. The number of amides is 1. The van der Waals surface area contributed by atoms with Crippen LogP contribution in [0.1, 0.15) is 36.3 Å². The van der Waals surface area contributed by atoms with Gasteiger partial charge in [0.15, 0.2) is 5.16 Å². The number of hydrogen-bond donors (Lipinski definition) is 1. The number of aryl methyl sites for hydroxylation is 2. The highest BCUT2D eigenvalue weighted by Gasteiger charge is 2.24. The maximum absolute atomic E-state index is 13.3. The Morgan fingerprint density at radius 2 is 2.16 bits per heavy atom. The standard InChI is InChI=1S/C24H27N3O2S2/c1-4-12-27-23(29)21-18-11-6-15(3)13-19(18)31-22(21)26-24(27)30-14-20(28)25-17-9-7-16(5-2)8-10-17/h4,7-10,15H,1,5-6,11-14H2,2-3H3,(H,25,28). The smallest absolute Gasteiger partial charge is 0.263 e. The van der Waals surface area contributed by atoms with Gasteiger partial charge in [-0.25, -0.2) is 4.98 Å². The Morgan fingerprint density at radius 3 is 2.87 bits per heavy atom. The summed E-state index contributed by atoms with van der Waals surface area (Å²) >= 11 is 2.93. The van der Waals surface area contributed by atoms with E-state index in [0.717, 1.165) is 41.6 Å². The quantitative estimate of drug-likeness (QED) is 0.308. The zero-order valence-electron chi connectivity index (χ0n) is 17.9. The number of rotatable bonds is 7. The number of fused-ring (bicyclic) bond motifs is 3. The minimum absolute atomic E-state index is 0.0185. The van der Waals surface area contributed by atoms with Crippen molar-refractivity contribution in [1.82, 2.24) is 9.55 Å². The summed E-state index contributed by atoms with van der Waals surface area (Å²) in [6.45, 7) is 8.53. The molecular formula is C24H27N3O2S2. The van der Waals surface area contributed by atoms with Crippen molar-refractivity contribution >= 4 is 44.9 Å². The molecule has 31 heavy (non-hydrogen) atoms. The minimum Gasteiger partial charge on any atom is -0.325 e. The Morgan fingerprint density at radius 1 is 1.39 bits per heavy atom. The van der Waals surface area contributed by atoms with Gasteiger partial charge >= 0.3 is 0 Å². The molecule has 1 N–H and O–H groups in total. The number of benzene rings is 1. The monoisotopic (exact) mass is 453 g/mol. The molecule has 0 saturated heterocycles. The second kappa shape index (κ2) is 9.40. The molecule has 3 aromatic rings. The molecule has 2 heterocycles. The van der Waals surface area contributed by atoms with Crippen molar-refractivity contribution in [3.63, 3.8) is 0 Å². The molecule has 4 rings (SSSR count). The summed E-state index contributed by atoms with van der Waals surface area (Å²) in [6.07, 6.45) is 5.72. The van der Waals surface area contributed by atoms with Gasteiger partial charge in [0, 0.05) is 17.1 Å². The Hall–Kier alpha value is -2.38. The van der Waals surface area contributed by atoms with Crippen LogP contribution in [0.5, 0.6) is 0 Å². The summed E-state index contributed by atoms with van der Waals surface area (Å²) in [5.74, 6) is 0.708. The number of hydrogen-bond acceptors (Lipinski definition) is 5. The van der Waals surface area contributed by atoms with Crippen LogP contribution in [0.4, 0.5) is 5.69 Å². The predicted octanol–water partition coefficient (Wildman–Crippen LogP) is 5.06. The molecule has 0 radical (unpaired) electrons. The van der Waals surface area contributed by atoms with E-state index in [9.17, 15) is 9.59 Å². The van der Waals surface area contributed by atoms with E-state index in [1.54, 1.807) is 22.0 Å². The summed E-state index contributed by atoms with van der Waals surface area (Å²) in [7, 11) is 0. The van der Waals surface area contributed by atoms with E-state index < -0.39 is 0 Å². The van der Waals surface area contributed by atoms with Crippen molar-refractivity contribution in [3.05, 3.63) is 63.3 Å². The normalized spacial score (nSPS) is 15.6. The van der Waals surface area contributed by atoms with E-state index in [0.29, 0.717) is 17.6 Å². The first kappa shape index (κ1) is 21.8. The lowest BCUT2D eigenvalue weighted by Crippen LogP contribution is -2.24. The summed E-state index contributed by atoms with van der Waals surface area (Å²) in [4.78, 5) is 32.7. The SMILES string of the molecule is C=CCn1c(SCC(=O)Nc2ccc(CC)cc2)nc2sc3c(c2c1=O)CCC(C)C3. The van der Waals surface area contributed by atoms with Crippen LogP contribution in [0.3, 0.4) is 0 Å². The lowest BCUT2D eigenvalue weighted by Gasteiger charge is -2.17. The van der Waals surface area contributed by atoms with Crippen LogP contribution in [0.15, 0.2) is 46.9 Å². The van der Waals surface area contributed by atoms with Gasteiger partial charge in [0.25, 0.3) is 5.56 Å². The van der Waals surface area contributed by atoms with Crippen LogP contribution >= 0.6 is 23.1 Å². The van der Waals surface area contributed by atoms with Gasteiger partial charge < -0.3 is 5.32 Å². The number of allylic oxidation sites excluding steroid dienone is 1. The molecule has 0 aliphatic heterocycles. The van der Waals surface area contributed by atoms with Crippen LogP contribution in [0.25, 0.3) is 10.2 Å². The van der Waals surface area contributed by atoms with Crippen LogP contribution in [-0.2, 0) is 30.6 Å². The fourth-order valence-electron chi connectivity index (χ4n) is 3.96. The zero-order valence-corrected chi connectivity index (χ0v) is 19.6. The maximum atomic E-state index is 13.3. The van der Waals surface area contributed by atoms with Crippen molar-refractivity contribution < 1.29 is 4.79 Å². The Bertz CT molecular complexity index is 1180. The molecule has 1 atom stereocenters. The fourth-order valence-corrected chi connectivity index (χ4v) is 6.19. The molecule has 7 heteroatoms. The Labute approximate surface area is 190 Å². The van der Waals surface area contributed by atoms with Crippen LogP contribution < -0.4 is 10.9 Å². The highest BCUT2D eigenvalue weighted by atomic mass is 32.2. The molecule has 1 unspecified atom stereocenters. The fraction of sp³-hybridized carbons (Fsp3) is 0.375. The number of aromatic nitrogens is 2.